The summed E-state index contributed by atoms with van der Waals surface area (Å²) in [6, 6.07) is 3.93. The van der Waals surface area contributed by atoms with Gasteiger partial charge in [-0.2, -0.15) is 0 Å². The summed E-state index contributed by atoms with van der Waals surface area (Å²) in [5.41, 5.74) is 2.75. The Balaban J connectivity index is 1.78. The monoisotopic (exact) mass is 437 g/mol. The predicted octanol–water partition coefficient (Wildman–Crippen LogP) is 5.10. The average molecular weight is 438 g/mol. The average Bonchev–Trinajstić information content (AvgIpc) is 2.85. The minimum absolute atomic E-state index is 0.00694. The molecule has 0 unspecified atom stereocenters. The molecular weight excluding hydrogens is 402 g/mol. The second kappa shape index (κ2) is 9.10. The van der Waals surface area contributed by atoms with Crippen LogP contribution in [0.1, 0.15) is 88.0 Å². The van der Waals surface area contributed by atoms with Crippen molar-refractivity contribution in [1.29, 1.82) is 0 Å². The molecule has 5 heteroatoms. The van der Waals surface area contributed by atoms with E-state index in [1.54, 1.807) is 11.8 Å². The Labute approximate surface area is 191 Å². The maximum atomic E-state index is 13.4. The number of Topliss-reactive ketones (excluding diaryl/α,β-unsaturated/α-hetero) is 2. The van der Waals surface area contributed by atoms with Crippen LogP contribution in [-0.2, 0) is 14.3 Å². The third kappa shape index (κ3) is 5.23. The fourth-order valence-corrected chi connectivity index (χ4v) is 5.27. The number of likely N-dealkylation sites (tertiary alicyclic amines) is 1. The summed E-state index contributed by atoms with van der Waals surface area (Å²) in [5.74, 6) is 5.29. The van der Waals surface area contributed by atoms with Gasteiger partial charge in [0, 0.05) is 31.5 Å². The molecule has 5 nitrogen and oxygen atoms in total. The summed E-state index contributed by atoms with van der Waals surface area (Å²) in [5, 5.41) is 0. The lowest BCUT2D eigenvalue weighted by molar-refractivity contribution is -0.137. The number of nitrogens with zero attached hydrogens (tertiary/aromatic N) is 1. The van der Waals surface area contributed by atoms with Crippen LogP contribution in [0.3, 0.4) is 0 Å². The lowest BCUT2D eigenvalue weighted by Gasteiger charge is -2.38. The van der Waals surface area contributed by atoms with Gasteiger partial charge in [0.15, 0.2) is 0 Å². The summed E-state index contributed by atoms with van der Waals surface area (Å²) in [6.45, 7) is 12.4. The summed E-state index contributed by atoms with van der Waals surface area (Å²) in [4.78, 5) is 40.9. The number of ketones is 2. The Morgan fingerprint density at radius 1 is 1.06 bits per heavy atom. The largest absolute Gasteiger partial charge is 0.444 e. The van der Waals surface area contributed by atoms with Gasteiger partial charge in [-0.3, -0.25) is 9.59 Å². The van der Waals surface area contributed by atoms with Crippen LogP contribution in [0.15, 0.2) is 12.1 Å². The second-order valence-corrected chi connectivity index (χ2v) is 10.4. The van der Waals surface area contributed by atoms with Crippen LogP contribution in [-0.4, -0.2) is 41.3 Å². The molecule has 1 heterocycles. The number of benzene rings is 1. The molecule has 1 aromatic rings. The summed E-state index contributed by atoms with van der Waals surface area (Å²) in [7, 11) is 0. The maximum Gasteiger partial charge on any atom is 0.410 e. The predicted molar refractivity (Wildman–Crippen MR) is 125 cm³/mol. The molecule has 0 N–H and O–H groups in total. The van der Waals surface area contributed by atoms with Crippen molar-refractivity contribution in [3.63, 3.8) is 0 Å². The topological polar surface area (TPSA) is 63.7 Å². The number of hydrogen-bond acceptors (Lipinski definition) is 4. The van der Waals surface area contributed by atoms with E-state index in [4.69, 9.17) is 4.74 Å². The van der Waals surface area contributed by atoms with Crippen LogP contribution in [0.5, 0.6) is 0 Å². The number of carbonyl (C=O) groups excluding carboxylic acids is 3. The van der Waals surface area contributed by atoms with E-state index in [-0.39, 0.29) is 23.1 Å². The molecule has 2 fully saturated rings. The Morgan fingerprint density at radius 3 is 2.19 bits per heavy atom. The number of carbonyl (C=O) groups is 3. The molecule has 0 aromatic heterocycles. The molecule has 1 aliphatic heterocycles. The van der Waals surface area contributed by atoms with Crippen molar-refractivity contribution in [1.82, 2.24) is 4.90 Å². The van der Waals surface area contributed by atoms with E-state index < -0.39 is 11.5 Å². The molecule has 1 saturated heterocycles. The van der Waals surface area contributed by atoms with Gasteiger partial charge in [-0.05, 0) is 95.0 Å². The first-order valence-corrected chi connectivity index (χ1v) is 11.5. The van der Waals surface area contributed by atoms with E-state index in [0.29, 0.717) is 32.4 Å². The van der Waals surface area contributed by atoms with Crippen molar-refractivity contribution in [3.8, 4) is 11.8 Å². The van der Waals surface area contributed by atoms with E-state index in [9.17, 15) is 14.4 Å². The number of ether oxygens (including phenoxy) is 1. The highest BCUT2D eigenvalue weighted by Crippen LogP contribution is 2.46. The molecule has 1 spiro atoms. The smallest absolute Gasteiger partial charge is 0.410 e. The quantitative estimate of drug-likeness (QED) is 0.453. The summed E-state index contributed by atoms with van der Waals surface area (Å²) < 4.78 is 5.52. The van der Waals surface area contributed by atoms with Gasteiger partial charge in [0.1, 0.15) is 23.1 Å². The van der Waals surface area contributed by atoms with Gasteiger partial charge in [0.05, 0.1) is 0 Å². The van der Waals surface area contributed by atoms with E-state index in [2.05, 4.69) is 11.8 Å². The Morgan fingerprint density at radius 2 is 1.66 bits per heavy atom. The van der Waals surface area contributed by atoms with Gasteiger partial charge in [-0.1, -0.05) is 5.92 Å². The highest BCUT2D eigenvalue weighted by molar-refractivity contribution is 6.10. The molecule has 3 rings (SSSR count). The van der Waals surface area contributed by atoms with Crippen LogP contribution in [0.25, 0.3) is 0 Å². The Bertz CT molecular complexity index is 948. The Hall–Kier alpha value is -2.61. The summed E-state index contributed by atoms with van der Waals surface area (Å²) >= 11 is 0. The molecule has 0 atom stereocenters. The SMILES string of the molecule is CC#Cc1cc(C)c(C2C(=O)CC3(CCCN(C(=O)OC(C)(C)C)CC3)CC2=O)c(C)c1. The van der Waals surface area contributed by atoms with Crippen molar-refractivity contribution in [2.24, 2.45) is 5.41 Å². The lowest BCUT2D eigenvalue weighted by atomic mass is 9.63. The number of rotatable bonds is 1. The first kappa shape index (κ1) is 24.0. The number of amides is 1. The molecule has 1 amide bonds. The third-order valence-corrected chi connectivity index (χ3v) is 6.59. The van der Waals surface area contributed by atoms with Crippen molar-refractivity contribution in [2.75, 3.05) is 13.1 Å². The zero-order chi connectivity index (χ0) is 23.7. The van der Waals surface area contributed by atoms with Gasteiger partial charge in [-0.15, -0.1) is 5.92 Å². The fraction of sp³-hybridized carbons (Fsp3) is 0.593. The van der Waals surface area contributed by atoms with Gasteiger partial charge in [0.25, 0.3) is 0 Å². The van der Waals surface area contributed by atoms with E-state index in [1.807, 2.05) is 46.8 Å². The molecule has 0 bridgehead atoms. The van der Waals surface area contributed by atoms with Crippen molar-refractivity contribution >= 4 is 17.7 Å². The Kier molecular flexibility index (Phi) is 6.83. The van der Waals surface area contributed by atoms with E-state index in [0.717, 1.165) is 35.1 Å². The molecule has 2 aliphatic rings. The lowest BCUT2D eigenvalue weighted by Crippen LogP contribution is -2.41. The zero-order valence-electron chi connectivity index (χ0n) is 20.3. The highest BCUT2D eigenvalue weighted by Gasteiger charge is 2.47. The summed E-state index contributed by atoms with van der Waals surface area (Å²) in [6.07, 6.45) is 2.66. The maximum absolute atomic E-state index is 13.4. The van der Waals surface area contributed by atoms with Gasteiger partial charge < -0.3 is 9.64 Å². The van der Waals surface area contributed by atoms with Crippen LogP contribution >= 0.6 is 0 Å². The second-order valence-electron chi connectivity index (χ2n) is 10.4. The minimum atomic E-state index is -0.686. The van der Waals surface area contributed by atoms with Crippen molar-refractivity contribution < 1.29 is 19.1 Å². The molecular formula is C27H35NO4. The first-order chi connectivity index (χ1) is 14.9. The molecule has 172 valence electrons. The van der Waals surface area contributed by atoms with Crippen LogP contribution in [0.2, 0.25) is 0 Å². The number of hydrogen-bond donors (Lipinski definition) is 0. The molecule has 32 heavy (non-hydrogen) atoms. The molecule has 0 radical (unpaired) electrons. The zero-order valence-corrected chi connectivity index (χ0v) is 20.3. The highest BCUT2D eigenvalue weighted by atomic mass is 16.6. The van der Waals surface area contributed by atoms with E-state index in [1.165, 1.54) is 0 Å². The fourth-order valence-electron chi connectivity index (χ4n) is 5.27. The van der Waals surface area contributed by atoms with Gasteiger partial charge >= 0.3 is 6.09 Å². The van der Waals surface area contributed by atoms with Crippen LogP contribution < -0.4 is 0 Å². The molecule has 1 aliphatic carbocycles. The van der Waals surface area contributed by atoms with Crippen molar-refractivity contribution in [3.05, 3.63) is 34.4 Å². The molecule has 1 aromatic carbocycles. The standard InChI is InChI=1S/C27H35NO4/c1-7-9-20-14-18(2)23(19(3)15-20)24-21(29)16-27(17-22(24)30)10-8-12-28(13-11-27)25(31)32-26(4,5)6/h14-15,24H,8,10-13,16-17H2,1-6H3. The van der Waals surface area contributed by atoms with E-state index >= 15 is 0 Å². The third-order valence-electron chi connectivity index (χ3n) is 6.59. The van der Waals surface area contributed by atoms with Gasteiger partial charge in [0.2, 0.25) is 0 Å². The molecule has 1 saturated carbocycles. The van der Waals surface area contributed by atoms with Crippen LogP contribution in [0, 0.1) is 31.1 Å². The minimum Gasteiger partial charge on any atom is -0.444 e. The van der Waals surface area contributed by atoms with Crippen molar-refractivity contribution in [2.45, 2.75) is 85.2 Å². The first-order valence-electron chi connectivity index (χ1n) is 11.5. The van der Waals surface area contributed by atoms with Crippen LogP contribution in [0.4, 0.5) is 4.79 Å². The van der Waals surface area contributed by atoms with Gasteiger partial charge in [-0.25, -0.2) is 4.79 Å². The number of aryl methyl sites for hydroxylation is 2. The normalized spacial score (nSPS) is 24.1.